The van der Waals surface area contributed by atoms with Crippen molar-refractivity contribution in [3.05, 3.63) is 99.8 Å². The van der Waals surface area contributed by atoms with E-state index in [0.29, 0.717) is 16.6 Å². The molecule has 5 rings (SSSR count). The third-order valence-corrected chi connectivity index (χ3v) is 5.88. The van der Waals surface area contributed by atoms with Gasteiger partial charge in [0.1, 0.15) is 6.54 Å². The van der Waals surface area contributed by atoms with Crippen molar-refractivity contribution in [1.82, 2.24) is 9.78 Å². The number of carbonyl (C=O) groups is 1. The lowest BCUT2D eigenvalue weighted by molar-refractivity contribution is 0.0966. The van der Waals surface area contributed by atoms with E-state index in [9.17, 15) is 9.59 Å². The summed E-state index contributed by atoms with van der Waals surface area (Å²) in [6, 6.07) is 23.2. The summed E-state index contributed by atoms with van der Waals surface area (Å²) < 4.78 is 1.31. The molecule has 0 aliphatic heterocycles. The van der Waals surface area contributed by atoms with Crippen LogP contribution < -0.4 is 5.56 Å². The summed E-state index contributed by atoms with van der Waals surface area (Å²) in [6.45, 7) is -0.0672. The number of ketones is 1. The van der Waals surface area contributed by atoms with Crippen LogP contribution in [0.2, 0.25) is 0 Å². The molecule has 4 nitrogen and oxygen atoms in total. The number of Topliss-reactive ketones (excluding diaryl/α,β-unsaturated/α-hetero) is 1. The van der Waals surface area contributed by atoms with Crippen LogP contribution in [0.3, 0.4) is 0 Å². The Bertz CT molecular complexity index is 1310. The zero-order valence-corrected chi connectivity index (χ0v) is 16.7. The van der Waals surface area contributed by atoms with E-state index in [-0.39, 0.29) is 17.9 Å². The number of hydrogen-bond acceptors (Lipinski definition) is 3. The number of fused-ring (bicyclic) bond motifs is 2. The lowest BCUT2D eigenvalue weighted by Gasteiger charge is -2.16. The Balaban J connectivity index is 1.57. The summed E-state index contributed by atoms with van der Waals surface area (Å²) in [5.74, 6) is -0.0905. The fourth-order valence-corrected chi connectivity index (χ4v) is 4.29. The van der Waals surface area contributed by atoms with Crippen molar-refractivity contribution in [1.29, 1.82) is 0 Å². The van der Waals surface area contributed by atoms with E-state index in [0.717, 1.165) is 30.2 Å². The number of rotatable bonds is 4. The highest BCUT2D eigenvalue weighted by atomic mass is 16.1. The standard InChI is InChI=1S/C26H22N2O2/c29-24(21-15-14-18-8-4-5-11-20(18)16-21)17-28-26(30)23-13-7-6-12-22(23)25(27-28)19-9-2-1-3-10-19/h1-3,6-7,9-10,12-16H,4-5,8,11,17H2. The molecule has 1 aromatic heterocycles. The van der Waals surface area contributed by atoms with E-state index in [4.69, 9.17) is 0 Å². The summed E-state index contributed by atoms with van der Waals surface area (Å²) >= 11 is 0. The second kappa shape index (κ2) is 7.71. The highest BCUT2D eigenvalue weighted by Crippen LogP contribution is 2.25. The van der Waals surface area contributed by atoms with Gasteiger partial charge in [0.05, 0.1) is 11.1 Å². The summed E-state index contributed by atoms with van der Waals surface area (Å²) in [5.41, 5.74) is 4.64. The van der Waals surface area contributed by atoms with E-state index in [1.165, 1.54) is 22.2 Å². The zero-order chi connectivity index (χ0) is 20.5. The fourth-order valence-electron chi connectivity index (χ4n) is 4.29. The second-order valence-electron chi connectivity index (χ2n) is 7.84. The number of nitrogens with zero attached hydrogens (tertiary/aromatic N) is 2. The number of aromatic nitrogens is 2. The number of aryl methyl sites for hydroxylation is 2. The van der Waals surface area contributed by atoms with Crippen molar-refractivity contribution in [2.24, 2.45) is 0 Å². The number of benzene rings is 3. The molecule has 1 aliphatic carbocycles. The molecule has 4 heteroatoms. The monoisotopic (exact) mass is 394 g/mol. The van der Waals surface area contributed by atoms with E-state index in [1.807, 2.05) is 60.7 Å². The molecule has 0 atom stereocenters. The first-order valence-corrected chi connectivity index (χ1v) is 10.4. The van der Waals surface area contributed by atoms with Gasteiger partial charge in [-0.05, 0) is 48.9 Å². The maximum absolute atomic E-state index is 13.1. The Hall–Kier alpha value is -3.53. The highest BCUT2D eigenvalue weighted by molar-refractivity contribution is 5.97. The maximum Gasteiger partial charge on any atom is 0.275 e. The topological polar surface area (TPSA) is 52.0 Å². The van der Waals surface area contributed by atoms with Crippen LogP contribution in [-0.2, 0) is 19.4 Å². The van der Waals surface area contributed by atoms with Crippen LogP contribution in [0.1, 0.15) is 34.3 Å². The van der Waals surface area contributed by atoms with Gasteiger partial charge in [-0.3, -0.25) is 9.59 Å². The van der Waals surface area contributed by atoms with Crippen LogP contribution in [-0.4, -0.2) is 15.6 Å². The molecule has 0 saturated carbocycles. The molecule has 30 heavy (non-hydrogen) atoms. The maximum atomic E-state index is 13.1. The highest BCUT2D eigenvalue weighted by Gasteiger charge is 2.17. The predicted octanol–water partition coefficient (Wildman–Crippen LogP) is 4.83. The molecular formula is C26H22N2O2. The first-order valence-electron chi connectivity index (χ1n) is 10.4. The molecule has 0 saturated heterocycles. The minimum Gasteiger partial charge on any atom is -0.292 e. The van der Waals surface area contributed by atoms with Crippen LogP contribution in [0.15, 0.2) is 77.6 Å². The molecular weight excluding hydrogens is 372 g/mol. The predicted molar refractivity (Wildman–Crippen MR) is 119 cm³/mol. The Morgan fingerprint density at radius 2 is 1.53 bits per heavy atom. The summed E-state index contributed by atoms with van der Waals surface area (Å²) in [6.07, 6.45) is 4.47. The Morgan fingerprint density at radius 1 is 0.833 bits per heavy atom. The van der Waals surface area contributed by atoms with Crippen molar-refractivity contribution < 1.29 is 4.79 Å². The minimum absolute atomic E-state index is 0.0672. The molecule has 148 valence electrons. The van der Waals surface area contributed by atoms with E-state index < -0.39 is 0 Å². The molecule has 1 aliphatic rings. The SMILES string of the molecule is O=C(Cn1nc(-c2ccccc2)c2ccccc2c1=O)c1ccc2c(c1)CCCC2. The van der Waals surface area contributed by atoms with Crippen LogP contribution in [0.5, 0.6) is 0 Å². The van der Waals surface area contributed by atoms with Crippen molar-refractivity contribution in [3.8, 4) is 11.3 Å². The van der Waals surface area contributed by atoms with Crippen molar-refractivity contribution in [2.75, 3.05) is 0 Å². The summed E-state index contributed by atoms with van der Waals surface area (Å²) in [7, 11) is 0. The third kappa shape index (κ3) is 3.35. The van der Waals surface area contributed by atoms with Gasteiger partial charge >= 0.3 is 0 Å². The molecule has 0 fully saturated rings. The van der Waals surface area contributed by atoms with Gasteiger partial charge < -0.3 is 0 Å². The lowest BCUT2D eigenvalue weighted by Crippen LogP contribution is -2.27. The second-order valence-corrected chi connectivity index (χ2v) is 7.84. The van der Waals surface area contributed by atoms with Gasteiger partial charge in [-0.15, -0.1) is 0 Å². The molecule has 0 amide bonds. The Morgan fingerprint density at radius 3 is 2.33 bits per heavy atom. The van der Waals surface area contributed by atoms with E-state index >= 15 is 0 Å². The molecule has 0 spiro atoms. The van der Waals surface area contributed by atoms with Gasteiger partial charge in [0, 0.05) is 16.5 Å². The number of carbonyl (C=O) groups excluding carboxylic acids is 1. The summed E-state index contributed by atoms with van der Waals surface area (Å²) in [4.78, 5) is 26.1. The van der Waals surface area contributed by atoms with Gasteiger partial charge in [0.2, 0.25) is 0 Å². The van der Waals surface area contributed by atoms with Gasteiger partial charge in [-0.1, -0.05) is 60.7 Å². The van der Waals surface area contributed by atoms with Gasteiger partial charge in [0.15, 0.2) is 5.78 Å². The van der Waals surface area contributed by atoms with Crippen molar-refractivity contribution in [2.45, 2.75) is 32.2 Å². The smallest absolute Gasteiger partial charge is 0.275 e. The summed E-state index contributed by atoms with van der Waals surface area (Å²) in [5, 5.41) is 5.98. The Labute approximate surface area is 174 Å². The van der Waals surface area contributed by atoms with Crippen LogP contribution in [0.25, 0.3) is 22.0 Å². The van der Waals surface area contributed by atoms with Gasteiger partial charge in [-0.25, -0.2) is 4.68 Å². The molecule has 0 N–H and O–H groups in total. The largest absolute Gasteiger partial charge is 0.292 e. The van der Waals surface area contributed by atoms with Crippen molar-refractivity contribution >= 4 is 16.6 Å². The van der Waals surface area contributed by atoms with E-state index in [1.54, 1.807) is 6.07 Å². The molecule has 0 bridgehead atoms. The Kier molecular flexibility index (Phi) is 4.75. The molecule has 1 heterocycles. The lowest BCUT2D eigenvalue weighted by atomic mass is 9.90. The number of hydrogen-bond donors (Lipinski definition) is 0. The molecule has 0 unspecified atom stereocenters. The third-order valence-electron chi connectivity index (χ3n) is 5.88. The molecule has 3 aromatic carbocycles. The van der Waals surface area contributed by atoms with Crippen LogP contribution >= 0.6 is 0 Å². The van der Waals surface area contributed by atoms with Crippen molar-refractivity contribution in [3.63, 3.8) is 0 Å². The first-order chi connectivity index (χ1) is 14.7. The fraction of sp³-hybridized carbons (Fsp3) is 0.192. The molecule has 0 radical (unpaired) electrons. The normalized spacial score (nSPS) is 13.2. The average molecular weight is 394 g/mol. The zero-order valence-electron chi connectivity index (χ0n) is 16.7. The van der Waals surface area contributed by atoms with Crippen LogP contribution in [0, 0.1) is 0 Å². The first kappa shape index (κ1) is 18.5. The average Bonchev–Trinajstić information content (AvgIpc) is 2.81. The minimum atomic E-state index is -0.239. The van der Waals surface area contributed by atoms with Crippen LogP contribution in [0.4, 0.5) is 0 Å². The van der Waals surface area contributed by atoms with E-state index in [2.05, 4.69) is 11.2 Å². The van der Waals surface area contributed by atoms with Gasteiger partial charge in [-0.2, -0.15) is 5.10 Å². The molecule has 4 aromatic rings. The van der Waals surface area contributed by atoms with Gasteiger partial charge in [0.25, 0.3) is 5.56 Å². The quantitative estimate of drug-likeness (QED) is 0.466.